The molecule has 0 aliphatic heterocycles. The second-order valence-electron chi connectivity index (χ2n) is 4.30. The van der Waals surface area contributed by atoms with Crippen LogP contribution in [0.5, 0.6) is 0 Å². The van der Waals surface area contributed by atoms with Crippen LogP contribution in [-0.2, 0) is 6.42 Å². The molecule has 0 amide bonds. The van der Waals surface area contributed by atoms with Crippen LogP contribution in [0, 0.1) is 10.1 Å². The molecule has 0 fully saturated rings. The number of hydrogen-bond acceptors (Lipinski definition) is 2. The molecule has 0 aliphatic rings. The van der Waals surface area contributed by atoms with E-state index in [4.69, 9.17) is 34.8 Å². The number of hydrogen-bond donors (Lipinski definition) is 0. The quantitative estimate of drug-likeness (QED) is 0.426. The molecule has 2 aromatic rings. The number of non-ortho nitro benzene ring substituents is 1. The SMILES string of the molecule is O=[N+]([O-])c1ccc(CC(Cl)c2cc(Cl)cc(Cl)c2)cc1. The van der Waals surface area contributed by atoms with Crippen molar-refractivity contribution in [3.05, 3.63) is 73.8 Å². The number of benzene rings is 2. The zero-order valence-corrected chi connectivity index (χ0v) is 12.5. The second kappa shape index (κ2) is 6.44. The molecular weight excluding hydrogens is 321 g/mol. The number of nitrogens with zero attached hydrogens (tertiary/aromatic N) is 1. The van der Waals surface area contributed by atoms with E-state index in [1.165, 1.54) is 12.1 Å². The molecule has 104 valence electrons. The van der Waals surface area contributed by atoms with Crippen LogP contribution in [0.3, 0.4) is 0 Å². The lowest BCUT2D eigenvalue weighted by molar-refractivity contribution is -0.384. The summed E-state index contributed by atoms with van der Waals surface area (Å²) in [6.45, 7) is 0. The minimum Gasteiger partial charge on any atom is -0.258 e. The highest BCUT2D eigenvalue weighted by Crippen LogP contribution is 2.30. The molecule has 0 bridgehead atoms. The van der Waals surface area contributed by atoms with Gasteiger partial charge in [0, 0.05) is 22.2 Å². The fraction of sp³-hybridized carbons (Fsp3) is 0.143. The Hall–Kier alpha value is -1.29. The Labute approximate surface area is 131 Å². The third-order valence-electron chi connectivity index (χ3n) is 2.81. The van der Waals surface area contributed by atoms with Gasteiger partial charge in [0.25, 0.3) is 5.69 Å². The summed E-state index contributed by atoms with van der Waals surface area (Å²) in [5, 5.41) is 11.3. The van der Waals surface area contributed by atoms with Gasteiger partial charge in [0.05, 0.1) is 10.3 Å². The second-order valence-corrected chi connectivity index (χ2v) is 5.70. The molecule has 0 N–H and O–H groups in total. The first-order chi connectivity index (χ1) is 9.45. The third kappa shape index (κ3) is 3.85. The number of alkyl halides is 1. The Morgan fingerprint density at radius 2 is 1.60 bits per heavy atom. The summed E-state index contributed by atoms with van der Waals surface area (Å²) < 4.78 is 0. The normalized spacial score (nSPS) is 12.2. The van der Waals surface area contributed by atoms with Crippen molar-refractivity contribution in [3.63, 3.8) is 0 Å². The van der Waals surface area contributed by atoms with E-state index >= 15 is 0 Å². The molecule has 0 saturated heterocycles. The van der Waals surface area contributed by atoms with Crippen molar-refractivity contribution < 1.29 is 4.92 Å². The first kappa shape index (κ1) is 15.1. The van der Waals surface area contributed by atoms with Gasteiger partial charge >= 0.3 is 0 Å². The van der Waals surface area contributed by atoms with Gasteiger partial charge in [-0.1, -0.05) is 35.3 Å². The van der Waals surface area contributed by atoms with Crippen LogP contribution in [0.2, 0.25) is 10.0 Å². The summed E-state index contributed by atoms with van der Waals surface area (Å²) in [5.41, 5.74) is 1.79. The number of nitro benzene ring substituents is 1. The minimum atomic E-state index is -0.432. The third-order valence-corrected chi connectivity index (χ3v) is 3.65. The lowest BCUT2D eigenvalue weighted by Crippen LogP contribution is -1.97. The number of halogens is 3. The molecule has 0 radical (unpaired) electrons. The Bertz CT molecular complexity index is 609. The molecule has 0 aromatic heterocycles. The van der Waals surface area contributed by atoms with Crippen LogP contribution >= 0.6 is 34.8 Å². The summed E-state index contributed by atoms with van der Waals surface area (Å²) in [7, 11) is 0. The largest absolute Gasteiger partial charge is 0.269 e. The molecule has 2 rings (SSSR count). The van der Waals surface area contributed by atoms with Crippen LogP contribution in [0.4, 0.5) is 5.69 Å². The summed E-state index contributed by atoms with van der Waals surface area (Å²) in [5.74, 6) is 0. The van der Waals surface area contributed by atoms with Crippen LogP contribution in [-0.4, -0.2) is 4.92 Å². The van der Waals surface area contributed by atoms with Gasteiger partial charge in [0.2, 0.25) is 0 Å². The van der Waals surface area contributed by atoms with E-state index in [2.05, 4.69) is 0 Å². The van der Waals surface area contributed by atoms with Crippen molar-refractivity contribution in [1.82, 2.24) is 0 Å². The van der Waals surface area contributed by atoms with Gasteiger partial charge in [-0.3, -0.25) is 10.1 Å². The molecule has 0 spiro atoms. The van der Waals surface area contributed by atoms with Crippen LogP contribution in [0.15, 0.2) is 42.5 Å². The molecule has 1 unspecified atom stereocenters. The van der Waals surface area contributed by atoms with Crippen molar-refractivity contribution in [2.24, 2.45) is 0 Å². The van der Waals surface area contributed by atoms with E-state index in [1.54, 1.807) is 30.3 Å². The molecule has 0 aliphatic carbocycles. The topological polar surface area (TPSA) is 43.1 Å². The standard InChI is InChI=1S/C14H10Cl3NO2/c15-11-6-10(7-12(16)8-11)14(17)5-9-1-3-13(4-2-9)18(19)20/h1-4,6-8,14H,5H2. The Balaban J connectivity index is 2.14. The molecule has 1 atom stereocenters. The van der Waals surface area contributed by atoms with Gasteiger partial charge < -0.3 is 0 Å². The first-order valence-electron chi connectivity index (χ1n) is 5.79. The van der Waals surface area contributed by atoms with Crippen LogP contribution in [0.1, 0.15) is 16.5 Å². The predicted octanol–water partition coefficient (Wildman–Crippen LogP) is 5.42. The molecule has 0 saturated carbocycles. The molecule has 3 nitrogen and oxygen atoms in total. The van der Waals surface area contributed by atoms with Gasteiger partial charge in [-0.2, -0.15) is 0 Å². The minimum absolute atomic E-state index is 0.0608. The highest BCUT2D eigenvalue weighted by Gasteiger charge is 2.12. The Morgan fingerprint density at radius 1 is 1.05 bits per heavy atom. The zero-order chi connectivity index (χ0) is 14.7. The van der Waals surface area contributed by atoms with E-state index in [-0.39, 0.29) is 11.1 Å². The van der Waals surface area contributed by atoms with Crippen molar-refractivity contribution in [1.29, 1.82) is 0 Å². The Kier molecular flexibility index (Phi) is 4.86. The number of nitro groups is 1. The van der Waals surface area contributed by atoms with Crippen molar-refractivity contribution >= 4 is 40.5 Å². The molecule has 20 heavy (non-hydrogen) atoms. The van der Waals surface area contributed by atoms with E-state index < -0.39 is 4.92 Å². The zero-order valence-electron chi connectivity index (χ0n) is 10.2. The van der Waals surface area contributed by atoms with E-state index in [9.17, 15) is 10.1 Å². The molecule has 2 aromatic carbocycles. The highest BCUT2D eigenvalue weighted by atomic mass is 35.5. The van der Waals surface area contributed by atoms with Crippen molar-refractivity contribution in [3.8, 4) is 0 Å². The van der Waals surface area contributed by atoms with Gasteiger partial charge in [-0.25, -0.2) is 0 Å². The summed E-state index contributed by atoms with van der Waals surface area (Å²) in [4.78, 5) is 10.1. The molecule has 0 heterocycles. The van der Waals surface area contributed by atoms with E-state index in [0.717, 1.165) is 11.1 Å². The van der Waals surface area contributed by atoms with Gasteiger partial charge in [-0.15, -0.1) is 11.6 Å². The van der Waals surface area contributed by atoms with Crippen molar-refractivity contribution in [2.75, 3.05) is 0 Å². The Morgan fingerprint density at radius 3 is 2.10 bits per heavy atom. The first-order valence-corrected chi connectivity index (χ1v) is 6.98. The highest BCUT2D eigenvalue weighted by molar-refractivity contribution is 6.35. The van der Waals surface area contributed by atoms with Gasteiger partial charge in [-0.05, 0) is 35.7 Å². The maximum atomic E-state index is 10.6. The summed E-state index contributed by atoms with van der Waals surface area (Å²) >= 11 is 18.2. The lowest BCUT2D eigenvalue weighted by Gasteiger charge is -2.11. The van der Waals surface area contributed by atoms with Gasteiger partial charge in [0.1, 0.15) is 0 Å². The van der Waals surface area contributed by atoms with Crippen molar-refractivity contribution in [2.45, 2.75) is 11.8 Å². The molecular formula is C14H10Cl3NO2. The van der Waals surface area contributed by atoms with Crippen LogP contribution in [0.25, 0.3) is 0 Å². The number of rotatable bonds is 4. The van der Waals surface area contributed by atoms with E-state index in [0.29, 0.717) is 16.5 Å². The fourth-order valence-electron chi connectivity index (χ4n) is 1.83. The van der Waals surface area contributed by atoms with E-state index in [1.807, 2.05) is 0 Å². The predicted molar refractivity (Wildman–Crippen MR) is 81.9 cm³/mol. The maximum Gasteiger partial charge on any atom is 0.269 e. The summed E-state index contributed by atoms with van der Waals surface area (Å²) in [6.07, 6.45) is 0.538. The lowest BCUT2D eigenvalue weighted by atomic mass is 10.0. The fourth-order valence-corrected chi connectivity index (χ4v) is 2.68. The maximum absolute atomic E-state index is 10.6. The monoisotopic (exact) mass is 329 g/mol. The smallest absolute Gasteiger partial charge is 0.258 e. The summed E-state index contributed by atoms with van der Waals surface area (Å²) in [6, 6.07) is 11.5. The average Bonchev–Trinajstić information content (AvgIpc) is 2.38. The molecule has 6 heteroatoms. The van der Waals surface area contributed by atoms with Gasteiger partial charge in [0.15, 0.2) is 0 Å². The van der Waals surface area contributed by atoms with Crippen LogP contribution < -0.4 is 0 Å². The average molecular weight is 331 g/mol.